The summed E-state index contributed by atoms with van der Waals surface area (Å²) in [5, 5.41) is 10.6. The van der Waals surface area contributed by atoms with Gasteiger partial charge in [-0.05, 0) is 12.1 Å². The van der Waals surface area contributed by atoms with Gasteiger partial charge in [0.05, 0.1) is 17.2 Å². The van der Waals surface area contributed by atoms with E-state index in [1.807, 2.05) is 35.7 Å². The van der Waals surface area contributed by atoms with Gasteiger partial charge in [-0.1, -0.05) is 37.2 Å². The number of amides is 1. The third kappa shape index (κ3) is 4.43. The summed E-state index contributed by atoms with van der Waals surface area (Å²) in [5.41, 5.74) is 1.82. The van der Waals surface area contributed by atoms with Gasteiger partial charge in [0.15, 0.2) is 11.5 Å². The highest BCUT2D eigenvalue weighted by molar-refractivity contribution is 7.09. The number of aromatic nitrogens is 3. The van der Waals surface area contributed by atoms with Crippen molar-refractivity contribution in [3.8, 4) is 5.75 Å². The standard InChI is InChI=1S/C21H20N4O3S/c1-13(2)21-24-15(12-29-21)10-23-20(26)17-9-16(28-25-17)11-27-18-7-3-5-14-6-4-8-22-19(14)18/h3-9,12-13H,10-11H2,1-2H3,(H,23,26). The molecule has 3 aromatic heterocycles. The number of nitrogens with zero attached hydrogens (tertiary/aromatic N) is 3. The molecule has 0 aliphatic carbocycles. The number of fused-ring (bicyclic) bond motifs is 1. The Morgan fingerprint density at radius 1 is 1.28 bits per heavy atom. The number of hydrogen-bond donors (Lipinski definition) is 1. The van der Waals surface area contributed by atoms with Crippen molar-refractivity contribution < 1.29 is 14.1 Å². The van der Waals surface area contributed by atoms with Crippen LogP contribution >= 0.6 is 11.3 Å². The first kappa shape index (κ1) is 19.1. The van der Waals surface area contributed by atoms with Gasteiger partial charge < -0.3 is 14.6 Å². The van der Waals surface area contributed by atoms with Gasteiger partial charge in [0.2, 0.25) is 0 Å². The van der Waals surface area contributed by atoms with Gasteiger partial charge in [0, 0.05) is 28.9 Å². The van der Waals surface area contributed by atoms with E-state index in [1.54, 1.807) is 23.6 Å². The molecular formula is C21H20N4O3S. The molecule has 1 amide bonds. The Morgan fingerprint density at radius 2 is 2.14 bits per heavy atom. The first-order valence-electron chi connectivity index (χ1n) is 9.25. The molecule has 4 rings (SSSR count). The van der Waals surface area contributed by atoms with Crippen molar-refractivity contribution >= 4 is 28.1 Å². The minimum absolute atomic E-state index is 0.153. The Morgan fingerprint density at radius 3 is 2.97 bits per heavy atom. The van der Waals surface area contributed by atoms with E-state index in [0.29, 0.717) is 24.0 Å². The topological polar surface area (TPSA) is 90.1 Å². The zero-order chi connectivity index (χ0) is 20.2. The predicted molar refractivity (Wildman–Crippen MR) is 110 cm³/mol. The van der Waals surface area contributed by atoms with Crippen molar-refractivity contribution in [2.75, 3.05) is 0 Å². The number of ether oxygens (including phenoxy) is 1. The third-order valence-corrected chi connectivity index (χ3v) is 5.44. The fourth-order valence-corrected chi connectivity index (χ4v) is 3.59. The van der Waals surface area contributed by atoms with Gasteiger partial charge in [0.1, 0.15) is 17.9 Å². The summed E-state index contributed by atoms with van der Waals surface area (Å²) in [6, 6.07) is 11.1. The van der Waals surface area contributed by atoms with Crippen molar-refractivity contribution in [3.63, 3.8) is 0 Å². The summed E-state index contributed by atoms with van der Waals surface area (Å²) in [7, 11) is 0. The Balaban J connectivity index is 1.35. The number of carbonyl (C=O) groups is 1. The molecule has 7 nitrogen and oxygen atoms in total. The third-order valence-electron chi connectivity index (χ3n) is 4.25. The van der Waals surface area contributed by atoms with Gasteiger partial charge in [-0.3, -0.25) is 9.78 Å². The minimum atomic E-state index is -0.314. The quantitative estimate of drug-likeness (QED) is 0.490. The first-order chi connectivity index (χ1) is 14.1. The van der Waals surface area contributed by atoms with Crippen LogP contribution in [0.5, 0.6) is 5.75 Å². The number of nitrogens with one attached hydrogen (secondary N) is 1. The number of hydrogen-bond acceptors (Lipinski definition) is 7. The molecule has 0 atom stereocenters. The molecule has 8 heteroatoms. The highest BCUT2D eigenvalue weighted by Crippen LogP contribution is 2.24. The Hall–Kier alpha value is -3.26. The molecule has 0 aliphatic rings. The van der Waals surface area contributed by atoms with Crippen LogP contribution in [0.4, 0.5) is 0 Å². The van der Waals surface area contributed by atoms with Gasteiger partial charge in [-0.2, -0.15) is 0 Å². The number of pyridine rings is 1. The number of thiazole rings is 1. The van der Waals surface area contributed by atoms with Gasteiger partial charge in [-0.15, -0.1) is 11.3 Å². The van der Waals surface area contributed by atoms with Crippen LogP contribution in [-0.4, -0.2) is 21.0 Å². The van der Waals surface area contributed by atoms with Crippen LogP contribution in [0.25, 0.3) is 10.9 Å². The molecule has 0 bridgehead atoms. The maximum Gasteiger partial charge on any atom is 0.273 e. The van der Waals surface area contributed by atoms with Crippen LogP contribution in [0.2, 0.25) is 0 Å². The number of para-hydroxylation sites is 1. The van der Waals surface area contributed by atoms with E-state index in [0.717, 1.165) is 21.6 Å². The Labute approximate surface area is 171 Å². The van der Waals surface area contributed by atoms with Crippen molar-refractivity contribution in [2.24, 2.45) is 0 Å². The lowest BCUT2D eigenvalue weighted by atomic mass is 10.2. The lowest BCUT2D eigenvalue weighted by Gasteiger charge is -2.06. The summed E-state index contributed by atoms with van der Waals surface area (Å²) in [6.45, 7) is 4.69. The number of carbonyl (C=O) groups excluding carboxylic acids is 1. The van der Waals surface area contributed by atoms with Crippen molar-refractivity contribution in [1.29, 1.82) is 0 Å². The largest absolute Gasteiger partial charge is 0.483 e. The SMILES string of the molecule is CC(C)c1nc(CNC(=O)c2cc(COc3cccc4cccnc34)on2)cs1. The molecule has 1 aromatic carbocycles. The Bertz CT molecular complexity index is 1130. The smallest absolute Gasteiger partial charge is 0.273 e. The highest BCUT2D eigenvalue weighted by Gasteiger charge is 2.14. The van der Waals surface area contributed by atoms with E-state index in [-0.39, 0.29) is 18.2 Å². The van der Waals surface area contributed by atoms with E-state index < -0.39 is 0 Å². The lowest BCUT2D eigenvalue weighted by molar-refractivity contribution is 0.0941. The lowest BCUT2D eigenvalue weighted by Crippen LogP contribution is -2.23. The second-order valence-corrected chi connectivity index (χ2v) is 7.70. The molecule has 1 N–H and O–H groups in total. The molecule has 0 saturated heterocycles. The second-order valence-electron chi connectivity index (χ2n) is 6.81. The van der Waals surface area contributed by atoms with E-state index in [9.17, 15) is 4.79 Å². The molecule has 0 fully saturated rings. The van der Waals surface area contributed by atoms with Gasteiger partial charge in [0.25, 0.3) is 5.91 Å². The van der Waals surface area contributed by atoms with Gasteiger partial charge >= 0.3 is 0 Å². The molecule has 148 valence electrons. The highest BCUT2D eigenvalue weighted by atomic mass is 32.1. The fraction of sp³-hybridized carbons (Fsp3) is 0.238. The first-order valence-corrected chi connectivity index (χ1v) is 10.1. The van der Waals surface area contributed by atoms with E-state index >= 15 is 0 Å². The molecule has 3 heterocycles. The van der Waals surface area contributed by atoms with Crippen LogP contribution < -0.4 is 10.1 Å². The molecule has 29 heavy (non-hydrogen) atoms. The molecule has 0 spiro atoms. The minimum Gasteiger partial charge on any atom is -0.483 e. The average Bonchev–Trinajstić information content (AvgIpc) is 3.40. The van der Waals surface area contributed by atoms with Crippen molar-refractivity contribution in [2.45, 2.75) is 32.9 Å². The van der Waals surface area contributed by atoms with Gasteiger partial charge in [-0.25, -0.2) is 4.98 Å². The average molecular weight is 408 g/mol. The van der Waals surface area contributed by atoms with Crippen LogP contribution in [0, 0.1) is 0 Å². The molecule has 0 radical (unpaired) electrons. The summed E-state index contributed by atoms with van der Waals surface area (Å²) >= 11 is 1.60. The van der Waals surface area contributed by atoms with E-state index in [2.05, 4.69) is 34.3 Å². The Kier molecular flexibility index (Phi) is 5.53. The zero-order valence-electron chi connectivity index (χ0n) is 16.1. The normalized spacial score (nSPS) is 11.1. The summed E-state index contributed by atoms with van der Waals surface area (Å²) < 4.78 is 11.1. The maximum atomic E-state index is 12.3. The van der Waals surface area contributed by atoms with E-state index in [4.69, 9.17) is 9.26 Å². The second kappa shape index (κ2) is 8.40. The number of rotatable bonds is 7. The number of benzene rings is 1. The molecule has 0 aliphatic heterocycles. The van der Waals surface area contributed by atoms with Crippen molar-refractivity contribution in [1.82, 2.24) is 20.4 Å². The van der Waals surface area contributed by atoms with Crippen molar-refractivity contribution in [3.05, 3.63) is 70.1 Å². The van der Waals surface area contributed by atoms with Crippen LogP contribution in [0.1, 0.15) is 46.7 Å². The summed E-state index contributed by atoms with van der Waals surface area (Å²) in [6.07, 6.45) is 1.72. The fourth-order valence-electron chi connectivity index (χ4n) is 2.76. The zero-order valence-corrected chi connectivity index (χ0v) is 16.9. The van der Waals surface area contributed by atoms with Crippen LogP contribution in [0.3, 0.4) is 0 Å². The molecule has 0 unspecified atom stereocenters. The van der Waals surface area contributed by atoms with Crippen LogP contribution in [-0.2, 0) is 13.2 Å². The maximum absolute atomic E-state index is 12.3. The van der Waals surface area contributed by atoms with Crippen LogP contribution in [0.15, 0.2) is 52.5 Å². The summed E-state index contributed by atoms with van der Waals surface area (Å²) in [4.78, 5) is 21.2. The van der Waals surface area contributed by atoms with E-state index in [1.165, 1.54) is 0 Å². The molecule has 4 aromatic rings. The predicted octanol–water partition coefficient (Wildman–Crippen LogP) is 4.31. The molecular weight excluding hydrogens is 388 g/mol. The summed E-state index contributed by atoms with van der Waals surface area (Å²) in [5.74, 6) is 1.17. The molecule has 0 saturated carbocycles. The monoisotopic (exact) mass is 408 g/mol.